The first kappa shape index (κ1) is 24.1. The second kappa shape index (κ2) is 11.3. The van der Waals surface area contributed by atoms with Crippen molar-refractivity contribution in [2.45, 2.75) is 26.4 Å². The summed E-state index contributed by atoms with van der Waals surface area (Å²) in [5.41, 5.74) is 1.24. The monoisotopic (exact) mass is 467 g/mol. The van der Waals surface area contributed by atoms with Crippen molar-refractivity contribution in [3.8, 4) is 17.4 Å². The van der Waals surface area contributed by atoms with Crippen molar-refractivity contribution in [1.82, 2.24) is 15.6 Å². The molecule has 0 spiro atoms. The van der Waals surface area contributed by atoms with Crippen molar-refractivity contribution < 1.29 is 19.1 Å². The largest absolute Gasteiger partial charge is 0.497 e. The molecule has 0 fully saturated rings. The Hall–Kier alpha value is -3.58. The lowest BCUT2D eigenvalue weighted by atomic mass is 10.0. The first-order chi connectivity index (χ1) is 15.9. The van der Waals surface area contributed by atoms with Crippen LogP contribution in [0.5, 0.6) is 17.4 Å². The van der Waals surface area contributed by atoms with E-state index < -0.39 is 6.04 Å². The van der Waals surface area contributed by atoms with Gasteiger partial charge in [0.05, 0.1) is 7.11 Å². The van der Waals surface area contributed by atoms with Crippen LogP contribution >= 0.6 is 11.6 Å². The number of carbonyl (C=O) groups excluding carboxylic acids is 2. The van der Waals surface area contributed by atoms with Crippen LogP contribution in [0, 0.1) is 5.92 Å². The number of rotatable bonds is 9. The van der Waals surface area contributed by atoms with Crippen molar-refractivity contribution in [3.63, 3.8) is 0 Å². The number of carbonyl (C=O) groups is 2. The van der Waals surface area contributed by atoms with Crippen LogP contribution in [0.2, 0.25) is 5.02 Å². The Labute approximate surface area is 198 Å². The maximum absolute atomic E-state index is 12.7. The summed E-state index contributed by atoms with van der Waals surface area (Å²) in [5.74, 6) is 1.02. The topological polar surface area (TPSA) is 89.5 Å². The minimum Gasteiger partial charge on any atom is -0.497 e. The van der Waals surface area contributed by atoms with Crippen LogP contribution in [-0.4, -0.2) is 29.9 Å². The number of benzene rings is 2. The molecule has 1 atom stereocenters. The lowest BCUT2D eigenvalue weighted by molar-refractivity contribution is -0.124. The summed E-state index contributed by atoms with van der Waals surface area (Å²) in [5, 5.41) is 6.19. The number of methoxy groups -OCH3 is 1. The smallest absolute Gasteiger partial charge is 0.251 e. The second-order valence-corrected chi connectivity index (χ2v) is 8.14. The molecule has 3 rings (SSSR count). The molecule has 0 aliphatic heterocycles. The molecule has 0 aliphatic carbocycles. The summed E-state index contributed by atoms with van der Waals surface area (Å²) < 4.78 is 10.9. The standard InChI is InChI=1S/C25H26ClN3O4/c1-16(2)23(29-24(30)18-8-10-19(26)11-9-18)25(31)28-15-17-7-12-22(27-14-17)33-21-6-4-5-20(13-21)32-3/h4-14,16,23H,15H2,1-3H3,(H,28,31)(H,29,30). The van der Waals surface area contributed by atoms with E-state index >= 15 is 0 Å². The Kier molecular flexibility index (Phi) is 8.27. The minimum atomic E-state index is -0.684. The van der Waals surface area contributed by atoms with Crippen LogP contribution in [0.3, 0.4) is 0 Å². The molecule has 1 heterocycles. The molecule has 0 bridgehead atoms. The Balaban J connectivity index is 1.56. The molecule has 3 aromatic rings. The van der Waals surface area contributed by atoms with E-state index in [0.717, 1.165) is 5.56 Å². The van der Waals surface area contributed by atoms with Crippen LogP contribution in [0.4, 0.5) is 0 Å². The summed E-state index contributed by atoms with van der Waals surface area (Å²) in [4.78, 5) is 29.5. The highest BCUT2D eigenvalue weighted by atomic mass is 35.5. The van der Waals surface area contributed by atoms with E-state index in [1.807, 2.05) is 38.1 Å². The molecule has 0 radical (unpaired) electrons. The maximum atomic E-state index is 12.7. The van der Waals surface area contributed by atoms with Gasteiger partial charge in [-0.1, -0.05) is 37.6 Å². The molecule has 1 aromatic heterocycles. The number of amides is 2. The van der Waals surface area contributed by atoms with Gasteiger partial charge in [-0.3, -0.25) is 9.59 Å². The van der Waals surface area contributed by atoms with Gasteiger partial charge in [-0.15, -0.1) is 0 Å². The maximum Gasteiger partial charge on any atom is 0.251 e. The van der Waals surface area contributed by atoms with Crippen LogP contribution in [0.1, 0.15) is 29.8 Å². The highest BCUT2D eigenvalue weighted by Crippen LogP contribution is 2.23. The van der Waals surface area contributed by atoms with E-state index in [1.165, 1.54) is 0 Å². The number of nitrogens with one attached hydrogen (secondary N) is 2. The molecule has 8 heteroatoms. The minimum absolute atomic E-state index is 0.0991. The van der Waals surface area contributed by atoms with Gasteiger partial charge in [0.25, 0.3) is 5.91 Å². The number of hydrogen-bond acceptors (Lipinski definition) is 5. The number of aromatic nitrogens is 1. The molecule has 0 saturated heterocycles. The van der Waals surface area contributed by atoms with Gasteiger partial charge in [0.15, 0.2) is 0 Å². The molecule has 33 heavy (non-hydrogen) atoms. The van der Waals surface area contributed by atoms with E-state index in [4.69, 9.17) is 21.1 Å². The first-order valence-electron chi connectivity index (χ1n) is 10.5. The first-order valence-corrected chi connectivity index (χ1v) is 10.8. The van der Waals surface area contributed by atoms with Crippen LogP contribution in [0.25, 0.3) is 0 Å². The third-order valence-electron chi connectivity index (χ3n) is 4.87. The van der Waals surface area contributed by atoms with Gasteiger partial charge in [-0.2, -0.15) is 0 Å². The SMILES string of the molecule is COc1cccc(Oc2ccc(CNC(=O)C(NC(=O)c3ccc(Cl)cc3)C(C)C)cn2)c1. The number of nitrogens with zero attached hydrogens (tertiary/aromatic N) is 1. The summed E-state index contributed by atoms with van der Waals surface area (Å²) in [7, 11) is 1.59. The fraction of sp³-hybridized carbons (Fsp3) is 0.240. The molecule has 0 saturated carbocycles. The predicted octanol–water partition coefficient (Wildman–Crippen LogP) is 4.61. The van der Waals surface area contributed by atoms with Crippen molar-refractivity contribution >= 4 is 23.4 Å². The number of ether oxygens (including phenoxy) is 2. The Morgan fingerprint density at radius 3 is 2.39 bits per heavy atom. The highest BCUT2D eigenvalue weighted by Gasteiger charge is 2.24. The van der Waals surface area contributed by atoms with Crippen molar-refractivity contribution in [2.75, 3.05) is 7.11 Å². The summed E-state index contributed by atoms with van der Waals surface area (Å²) in [6.07, 6.45) is 1.63. The van der Waals surface area contributed by atoms with Gasteiger partial charge in [0, 0.05) is 35.5 Å². The Bertz CT molecular complexity index is 1090. The molecule has 0 aliphatic rings. The van der Waals surface area contributed by atoms with Crippen molar-refractivity contribution in [2.24, 2.45) is 5.92 Å². The highest BCUT2D eigenvalue weighted by molar-refractivity contribution is 6.30. The molecule has 2 amide bonds. The quantitative estimate of drug-likeness (QED) is 0.479. The van der Waals surface area contributed by atoms with E-state index in [2.05, 4.69) is 15.6 Å². The molecule has 7 nitrogen and oxygen atoms in total. The summed E-state index contributed by atoms with van der Waals surface area (Å²) in [6.45, 7) is 4.02. The Morgan fingerprint density at radius 2 is 1.76 bits per heavy atom. The normalized spacial score (nSPS) is 11.5. The zero-order valence-corrected chi connectivity index (χ0v) is 19.4. The lowest BCUT2D eigenvalue weighted by Gasteiger charge is -2.22. The van der Waals surface area contributed by atoms with Crippen LogP contribution in [-0.2, 0) is 11.3 Å². The van der Waals surface area contributed by atoms with E-state index in [9.17, 15) is 9.59 Å². The zero-order valence-electron chi connectivity index (χ0n) is 18.7. The van der Waals surface area contributed by atoms with Gasteiger partial charge in [-0.05, 0) is 47.9 Å². The molecule has 2 N–H and O–H groups in total. The van der Waals surface area contributed by atoms with Gasteiger partial charge < -0.3 is 20.1 Å². The zero-order chi connectivity index (χ0) is 23.8. The third kappa shape index (κ3) is 6.95. The lowest BCUT2D eigenvalue weighted by Crippen LogP contribution is -2.49. The van der Waals surface area contributed by atoms with Crippen molar-refractivity contribution in [1.29, 1.82) is 0 Å². The fourth-order valence-corrected chi connectivity index (χ4v) is 3.15. The van der Waals surface area contributed by atoms with Gasteiger partial charge in [0.1, 0.15) is 17.5 Å². The van der Waals surface area contributed by atoms with E-state index in [0.29, 0.717) is 28.0 Å². The van der Waals surface area contributed by atoms with Crippen LogP contribution in [0.15, 0.2) is 66.9 Å². The third-order valence-corrected chi connectivity index (χ3v) is 5.12. The van der Waals surface area contributed by atoms with E-state index in [-0.39, 0.29) is 24.3 Å². The van der Waals surface area contributed by atoms with Gasteiger partial charge in [0.2, 0.25) is 11.8 Å². The molecular formula is C25H26ClN3O4. The van der Waals surface area contributed by atoms with E-state index in [1.54, 1.807) is 49.7 Å². The number of halogens is 1. The average molecular weight is 468 g/mol. The number of hydrogen-bond donors (Lipinski definition) is 2. The number of pyridine rings is 1. The van der Waals surface area contributed by atoms with Gasteiger partial charge >= 0.3 is 0 Å². The van der Waals surface area contributed by atoms with Gasteiger partial charge in [-0.25, -0.2) is 4.98 Å². The molecule has 2 aromatic carbocycles. The van der Waals surface area contributed by atoms with Crippen LogP contribution < -0.4 is 20.1 Å². The molecule has 1 unspecified atom stereocenters. The summed E-state index contributed by atoms with van der Waals surface area (Å²) >= 11 is 5.87. The Morgan fingerprint density at radius 1 is 1.03 bits per heavy atom. The van der Waals surface area contributed by atoms with Crippen molar-refractivity contribution in [3.05, 3.63) is 83.0 Å². The molecular weight excluding hydrogens is 442 g/mol. The fourth-order valence-electron chi connectivity index (χ4n) is 3.02. The average Bonchev–Trinajstić information content (AvgIpc) is 2.82. The predicted molar refractivity (Wildman–Crippen MR) is 127 cm³/mol. The molecule has 172 valence electrons. The summed E-state index contributed by atoms with van der Waals surface area (Å²) in [6, 6.07) is 16.6. The second-order valence-electron chi connectivity index (χ2n) is 7.71.